The van der Waals surface area contributed by atoms with Crippen LogP contribution in [-0.4, -0.2) is 28.6 Å². The number of nitrogens with zero attached hydrogens (tertiary/aromatic N) is 1. The van der Waals surface area contributed by atoms with Crippen LogP contribution < -0.4 is 5.32 Å². The Kier molecular flexibility index (Phi) is 3.76. The van der Waals surface area contributed by atoms with E-state index in [0.717, 1.165) is 32.2 Å². The highest BCUT2D eigenvalue weighted by atomic mass is 16.5. The lowest BCUT2D eigenvalue weighted by molar-refractivity contribution is -0.141. The minimum Gasteiger partial charge on any atom is -0.359 e. The average Bonchev–Trinajstić information content (AvgIpc) is 3.25. The summed E-state index contributed by atoms with van der Waals surface area (Å²) in [7, 11) is 0. The maximum Gasteiger partial charge on any atom is 0.223 e. The normalized spacial score (nSPS) is 40.0. The molecule has 4 heterocycles. The van der Waals surface area contributed by atoms with Crippen LogP contribution in [-0.2, 0) is 9.53 Å². The number of pyridine rings is 1. The number of carbonyl (C=O) groups is 1. The van der Waals surface area contributed by atoms with Crippen LogP contribution in [0.25, 0.3) is 10.8 Å². The molecule has 32 heavy (non-hydrogen) atoms. The van der Waals surface area contributed by atoms with Crippen molar-refractivity contribution in [2.75, 3.05) is 6.54 Å². The molecular formula is C28H30N2O2. The van der Waals surface area contributed by atoms with Gasteiger partial charge in [-0.3, -0.25) is 9.78 Å². The fraction of sp³-hybridized carbons (Fsp3) is 0.500. The van der Waals surface area contributed by atoms with Crippen LogP contribution in [0.15, 0.2) is 60.0 Å². The van der Waals surface area contributed by atoms with E-state index in [1.54, 1.807) is 0 Å². The first-order chi connectivity index (χ1) is 15.5. The van der Waals surface area contributed by atoms with Gasteiger partial charge in [-0.15, -0.1) is 0 Å². The zero-order valence-electron chi connectivity index (χ0n) is 18.7. The van der Waals surface area contributed by atoms with Crippen LogP contribution in [0.5, 0.6) is 0 Å². The second-order valence-electron chi connectivity index (χ2n) is 11.0. The van der Waals surface area contributed by atoms with E-state index < -0.39 is 0 Å². The summed E-state index contributed by atoms with van der Waals surface area (Å²) in [6.45, 7) is 3.23. The maximum absolute atomic E-state index is 12.5. The van der Waals surface area contributed by atoms with Crippen LogP contribution in [0.1, 0.15) is 63.4 Å². The van der Waals surface area contributed by atoms with Crippen molar-refractivity contribution < 1.29 is 9.53 Å². The summed E-state index contributed by atoms with van der Waals surface area (Å²) >= 11 is 0. The van der Waals surface area contributed by atoms with Gasteiger partial charge in [-0.25, -0.2) is 0 Å². The number of allylic oxidation sites excluding steroid dienone is 1. The first-order valence-corrected chi connectivity index (χ1v) is 12.2. The van der Waals surface area contributed by atoms with Gasteiger partial charge >= 0.3 is 0 Å². The predicted molar refractivity (Wildman–Crippen MR) is 124 cm³/mol. The highest BCUT2D eigenvalue weighted by molar-refractivity contribution is 5.82. The lowest BCUT2D eigenvalue weighted by atomic mass is 9.58. The number of hydrogen-bond acceptors (Lipinski definition) is 3. The van der Waals surface area contributed by atoms with E-state index in [-0.39, 0.29) is 22.5 Å². The second-order valence-corrected chi connectivity index (χ2v) is 11.0. The summed E-state index contributed by atoms with van der Waals surface area (Å²) < 4.78 is 7.16. The minimum atomic E-state index is -0.372. The molecule has 164 valence electrons. The van der Waals surface area contributed by atoms with Gasteiger partial charge in [0.1, 0.15) is 0 Å². The van der Waals surface area contributed by atoms with E-state index in [1.165, 1.54) is 40.3 Å². The number of aromatic nitrogens is 1. The van der Waals surface area contributed by atoms with Gasteiger partial charge in [0.05, 0.1) is 17.6 Å². The topological polar surface area (TPSA) is 51.2 Å². The SMILES string of the molecule is C[C@]12CC=C3C=C4CCNC(=O)C[C@]45CC[C@]3(O5)[C@@H]1CCC2c1ccc2ccncc2c1. The van der Waals surface area contributed by atoms with Crippen molar-refractivity contribution in [3.8, 4) is 0 Å². The molecular weight excluding hydrogens is 396 g/mol. The van der Waals surface area contributed by atoms with Crippen molar-refractivity contribution >= 4 is 16.7 Å². The molecule has 2 bridgehead atoms. The zero-order valence-corrected chi connectivity index (χ0v) is 18.7. The molecule has 5 atom stereocenters. The number of hydrogen-bond donors (Lipinski definition) is 1. The molecule has 1 N–H and O–H groups in total. The molecule has 3 aliphatic heterocycles. The van der Waals surface area contributed by atoms with Crippen molar-refractivity contribution in [2.24, 2.45) is 11.3 Å². The standard InChI is InChI=1S/C28H30N2O2/c1-26-9-6-22-15-21-8-13-30-25(31)16-27(21)10-11-28(22,32-27)24(26)5-4-23(26)19-3-2-18-7-12-29-17-20(18)14-19/h2-3,6-7,12,14-15,17,23-24H,4-5,8-11,13,16H2,1H3,(H,30,31)/t23?,24-,26-,27-,28-/m1/s1. The monoisotopic (exact) mass is 426 g/mol. The van der Waals surface area contributed by atoms with Crippen LogP contribution >= 0.6 is 0 Å². The summed E-state index contributed by atoms with van der Waals surface area (Å²) in [5.41, 5.74) is 3.77. The molecule has 5 aliphatic rings. The van der Waals surface area contributed by atoms with Gasteiger partial charge in [0.2, 0.25) is 5.91 Å². The Morgan fingerprint density at radius 2 is 2.09 bits per heavy atom. The maximum atomic E-state index is 12.5. The summed E-state index contributed by atoms with van der Waals surface area (Å²) in [4.78, 5) is 16.8. The van der Waals surface area contributed by atoms with Crippen LogP contribution in [0.2, 0.25) is 0 Å². The van der Waals surface area contributed by atoms with Crippen LogP contribution in [0.4, 0.5) is 0 Å². The number of nitrogens with one attached hydrogen (secondary N) is 1. The molecule has 4 heteroatoms. The Hall–Kier alpha value is -2.46. The Labute approximate surface area is 189 Å². The summed E-state index contributed by atoms with van der Waals surface area (Å²) in [5.74, 6) is 1.16. The number of carbonyl (C=O) groups excluding carboxylic acids is 1. The van der Waals surface area contributed by atoms with E-state index in [0.29, 0.717) is 18.3 Å². The predicted octanol–water partition coefficient (Wildman–Crippen LogP) is 5.20. The Bertz CT molecular complexity index is 1210. The number of ether oxygens (including phenoxy) is 1. The third kappa shape index (κ3) is 2.37. The number of rotatable bonds is 1. The smallest absolute Gasteiger partial charge is 0.223 e. The van der Waals surface area contributed by atoms with Gasteiger partial charge < -0.3 is 10.1 Å². The van der Waals surface area contributed by atoms with Gasteiger partial charge in [0, 0.05) is 24.3 Å². The summed E-state index contributed by atoms with van der Waals surface area (Å²) in [5, 5.41) is 5.55. The molecule has 3 fully saturated rings. The first kappa shape index (κ1) is 19.0. The number of fused-ring (bicyclic) bond motifs is 2. The third-order valence-corrected chi connectivity index (χ3v) is 9.57. The fourth-order valence-electron chi connectivity index (χ4n) is 8.07. The molecule has 4 nitrogen and oxygen atoms in total. The van der Waals surface area contributed by atoms with Crippen molar-refractivity contribution in [1.82, 2.24) is 10.3 Å². The third-order valence-electron chi connectivity index (χ3n) is 9.57. The number of benzene rings is 1. The van der Waals surface area contributed by atoms with E-state index in [2.05, 4.69) is 53.6 Å². The molecule has 1 aromatic heterocycles. The van der Waals surface area contributed by atoms with E-state index in [1.807, 2.05) is 12.4 Å². The van der Waals surface area contributed by atoms with Gasteiger partial charge in [-0.05, 0) is 90.0 Å². The Morgan fingerprint density at radius 3 is 3.03 bits per heavy atom. The summed E-state index contributed by atoms with van der Waals surface area (Å²) in [6, 6.07) is 9.05. The number of amides is 1. The van der Waals surface area contributed by atoms with Crippen molar-refractivity contribution in [3.05, 3.63) is 65.5 Å². The lowest BCUT2D eigenvalue weighted by Gasteiger charge is -2.53. The lowest BCUT2D eigenvalue weighted by Crippen LogP contribution is -2.53. The van der Waals surface area contributed by atoms with Crippen molar-refractivity contribution in [3.63, 3.8) is 0 Å². The molecule has 0 radical (unpaired) electrons. The van der Waals surface area contributed by atoms with Gasteiger partial charge in [-0.2, -0.15) is 0 Å². The van der Waals surface area contributed by atoms with Gasteiger partial charge in [0.15, 0.2) is 0 Å². The minimum absolute atomic E-state index is 0.144. The highest BCUT2D eigenvalue weighted by Gasteiger charge is 2.66. The first-order valence-electron chi connectivity index (χ1n) is 12.2. The molecule has 2 saturated heterocycles. The Morgan fingerprint density at radius 1 is 1.16 bits per heavy atom. The van der Waals surface area contributed by atoms with Crippen LogP contribution in [0, 0.1) is 11.3 Å². The van der Waals surface area contributed by atoms with Gasteiger partial charge in [0.25, 0.3) is 0 Å². The van der Waals surface area contributed by atoms with Gasteiger partial charge in [-0.1, -0.05) is 31.2 Å². The van der Waals surface area contributed by atoms with E-state index >= 15 is 0 Å². The quantitative estimate of drug-likeness (QED) is 0.682. The van der Waals surface area contributed by atoms with Crippen molar-refractivity contribution in [1.29, 1.82) is 0 Å². The zero-order chi connectivity index (χ0) is 21.6. The molecule has 1 unspecified atom stereocenters. The Balaban J connectivity index is 1.31. The molecule has 1 aromatic carbocycles. The largest absolute Gasteiger partial charge is 0.359 e. The van der Waals surface area contributed by atoms with Crippen molar-refractivity contribution in [2.45, 2.75) is 69.0 Å². The second kappa shape index (κ2) is 6.32. The molecule has 7 rings (SSSR count). The summed E-state index contributed by atoms with van der Waals surface area (Å²) in [6.07, 6.45) is 15.7. The molecule has 1 amide bonds. The fourth-order valence-corrected chi connectivity index (χ4v) is 8.07. The highest BCUT2D eigenvalue weighted by Crippen LogP contribution is 2.68. The van der Waals surface area contributed by atoms with E-state index in [4.69, 9.17) is 4.74 Å². The molecule has 2 aromatic rings. The van der Waals surface area contributed by atoms with E-state index in [9.17, 15) is 4.79 Å². The molecule has 1 saturated carbocycles. The average molecular weight is 427 g/mol. The molecule has 2 aliphatic carbocycles. The molecule has 2 spiro atoms. The van der Waals surface area contributed by atoms with Crippen LogP contribution in [0.3, 0.4) is 0 Å².